The fraction of sp³-hybridized carbons (Fsp3) is 0.889. The number of carboxylic acid groups (broad SMARTS) is 2. The first-order chi connectivity index (χ1) is 15.6. The summed E-state index contributed by atoms with van der Waals surface area (Å²) >= 11 is 0. The molecule has 35 heavy (non-hydrogen) atoms. The molecule has 0 aliphatic heterocycles. The molecular formula is C18H36N2O14Pt. The number of rotatable bonds is 10. The zero-order valence-electron chi connectivity index (χ0n) is 18.5. The molecule has 10 unspecified atom stereocenters. The van der Waals surface area contributed by atoms with E-state index in [1.807, 2.05) is 0 Å². The molecule has 10 atom stereocenters. The molecular weight excluding hydrogens is 663 g/mol. The van der Waals surface area contributed by atoms with Crippen LogP contribution in [0.15, 0.2) is 0 Å². The molecule has 0 aromatic carbocycles. The molecule has 1 aliphatic carbocycles. The Morgan fingerprint density at radius 2 is 0.886 bits per heavy atom. The summed E-state index contributed by atoms with van der Waals surface area (Å²) in [6.07, 6.45) is -11.4. The minimum Gasteiger partial charge on any atom is -0.676 e. The Labute approximate surface area is 215 Å². The van der Waals surface area contributed by atoms with E-state index in [0.29, 0.717) is 0 Å². The molecule has 14 N–H and O–H groups in total. The third kappa shape index (κ3) is 15.1. The van der Waals surface area contributed by atoms with Gasteiger partial charge in [0.05, 0.1) is 13.2 Å². The van der Waals surface area contributed by atoms with Gasteiger partial charge in [-0.25, -0.2) is 9.59 Å². The normalized spacial score (nSPS) is 24.2. The van der Waals surface area contributed by atoms with Gasteiger partial charge in [0.2, 0.25) is 0 Å². The summed E-state index contributed by atoms with van der Waals surface area (Å²) in [6.45, 7) is -1.69. The number of hydrogen-bond acceptors (Lipinski definition) is 12. The molecule has 212 valence electrons. The largest absolute Gasteiger partial charge is 2.00 e. The number of aliphatic hydroxyl groups is 10. The fourth-order valence-electron chi connectivity index (χ4n) is 2.47. The Bertz CT molecular complexity index is 529. The van der Waals surface area contributed by atoms with Crippen LogP contribution < -0.4 is 0 Å². The fourth-order valence-corrected chi connectivity index (χ4v) is 2.47. The van der Waals surface area contributed by atoms with E-state index in [4.69, 9.17) is 72.7 Å². The first kappa shape index (κ1) is 38.7. The number of hydrogen-bond donors (Lipinski definition) is 12. The zero-order valence-corrected chi connectivity index (χ0v) is 20.8. The molecule has 1 rings (SSSR count). The second-order valence-electron chi connectivity index (χ2n) is 7.53. The van der Waals surface area contributed by atoms with Crippen molar-refractivity contribution in [2.75, 3.05) is 13.2 Å². The van der Waals surface area contributed by atoms with Crippen molar-refractivity contribution >= 4 is 11.9 Å². The van der Waals surface area contributed by atoms with Crippen LogP contribution in [0.2, 0.25) is 0 Å². The van der Waals surface area contributed by atoms with Crippen molar-refractivity contribution in [1.29, 1.82) is 0 Å². The van der Waals surface area contributed by atoms with Crippen LogP contribution in [0.25, 0.3) is 11.5 Å². The van der Waals surface area contributed by atoms with Gasteiger partial charge in [-0.05, 0) is 0 Å². The number of aliphatic carboxylic acids is 2. The summed E-state index contributed by atoms with van der Waals surface area (Å²) in [4.78, 5) is 20.2. The van der Waals surface area contributed by atoms with Crippen LogP contribution in [-0.2, 0) is 30.7 Å². The molecule has 0 amide bonds. The predicted octanol–water partition coefficient (Wildman–Crippen LogP) is -4.59. The maximum absolute atomic E-state index is 10.1. The number of carbonyl (C=O) groups is 2. The standard InChI is InChI=1S/C6H12N2.2C6H12O7.Pt/c7-5-3-1-2-4-6(5)8;2*7-1-2(8)3(9)4(10)5(11)6(12)13;/h5-8H,1-4H2;2*2-5,7-11H,1H2,(H,12,13);/q-2;;;+2. The van der Waals surface area contributed by atoms with Gasteiger partial charge in [-0.3, -0.25) is 0 Å². The van der Waals surface area contributed by atoms with Crippen molar-refractivity contribution in [2.24, 2.45) is 0 Å². The van der Waals surface area contributed by atoms with Crippen LogP contribution in [0.1, 0.15) is 25.7 Å². The van der Waals surface area contributed by atoms with Crippen molar-refractivity contribution < 1.29 is 91.9 Å². The first-order valence-electron chi connectivity index (χ1n) is 10.2. The Balaban J connectivity index is -0.000000444. The third-order valence-electron chi connectivity index (χ3n) is 4.78. The average molecular weight is 700 g/mol. The molecule has 16 nitrogen and oxygen atoms in total. The topological polar surface area (TPSA) is 324 Å². The third-order valence-corrected chi connectivity index (χ3v) is 4.78. The van der Waals surface area contributed by atoms with E-state index in [2.05, 4.69) is 0 Å². The minimum absolute atomic E-state index is 0. The molecule has 17 heteroatoms. The Morgan fingerprint density at radius 1 is 0.629 bits per heavy atom. The molecule has 0 spiro atoms. The van der Waals surface area contributed by atoms with E-state index in [-0.39, 0.29) is 33.1 Å². The van der Waals surface area contributed by atoms with Gasteiger partial charge in [0, 0.05) is 0 Å². The molecule has 1 aliphatic rings. The van der Waals surface area contributed by atoms with Crippen LogP contribution in [0, 0.1) is 0 Å². The van der Waals surface area contributed by atoms with E-state index in [1.54, 1.807) is 0 Å². The molecule has 0 saturated heterocycles. The van der Waals surface area contributed by atoms with Gasteiger partial charge < -0.3 is 72.7 Å². The van der Waals surface area contributed by atoms with Crippen LogP contribution in [0.4, 0.5) is 0 Å². The van der Waals surface area contributed by atoms with E-state index >= 15 is 0 Å². The Kier molecular flexibility index (Phi) is 22.4. The van der Waals surface area contributed by atoms with Gasteiger partial charge in [0.1, 0.15) is 36.6 Å². The SMILES string of the molecule is O=C(O)C(O)C(O)C(O)C(O)CO.O=C(O)C(O)C(O)C(O)C(O)CO.[NH-]C1CCCCC1[NH-].[Pt+2]. The van der Waals surface area contributed by atoms with Gasteiger partial charge in [0.25, 0.3) is 0 Å². The molecule has 1 fully saturated rings. The maximum Gasteiger partial charge on any atom is 2.00 e. The maximum atomic E-state index is 10.1. The predicted molar refractivity (Wildman–Crippen MR) is 112 cm³/mol. The van der Waals surface area contributed by atoms with Crippen molar-refractivity contribution in [1.82, 2.24) is 0 Å². The molecule has 0 aromatic rings. The monoisotopic (exact) mass is 699 g/mol. The summed E-state index contributed by atoms with van der Waals surface area (Å²) in [7, 11) is 0. The van der Waals surface area contributed by atoms with Gasteiger partial charge in [-0.1, -0.05) is 25.7 Å². The van der Waals surface area contributed by atoms with Gasteiger partial charge in [-0.2, -0.15) is 12.1 Å². The minimum atomic E-state index is -2.20. The van der Waals surface area contributed by atoms with E-state index < -0.39 is 74.0 Å². The number of aliphatic hydroxyl groups excluding tert-OH is 10. The molecule has 0 aromatic heterocycles. The van der Waals surface area contributed by atoms with Crippen LogP contribution in [0.3, 0.4) is 0 Å². The van der Waals surface area contributed by atoms with Gasteiger partial charge in [-0.15, -0.1) is 0 Å². The van der Waals surface area contributed by atoms with E-state index in [9.17, 15) is 9.59 Å². The molecule has 0 heterocycles. The quantitative estimate of drug-likeness (QED) is 0.102. The summed E-state index contributed by atoms with van der Waals surface area (Å²) in [5.74, 6) is -3.45. The number of carboxylic acids is 2. The smallest absolute Gasteiger partial charge is 0.676 e. The second kappa shape index (κ2) is 20.2. The van der Waals surface area contributed by atoms with Crippen LogP contribution in [-0.4, -0.2) is 147 Å². The first-order valence-corrected chi connectivity index (χ1v) is 10.2. The molecule has 0 bridgehead atoms. The molecule has 1 saturated carbocycles. The van der Waals surface area contributed by atoms with Crippen molar-refractivity contribution in [3.8, 4) is 0 Å². The summed E-state index contributed by atoms with van der Waals surface area (Å²) in [5.41, 5.74) is 14.6. The van der Waals surface area contributed by atoms with E-state index in [1.165, 1.54) is 12.8 Å². The number of nitrogens with one attached hydrogen (secondary N) is 2. The van der Waals surface area contributed by atoms with Crippen molar-refractivity contribution in [3.05, 3.63) is 11.5 Å². The van der Waals surface area contributed by atoms with E-state index in [0.717, 1.165) is 12.8 Å². The zero-order chi connectivity index (χ0) is 27.2. The molecule has 0 radical (unpaired) electrons. The van der Waals surface area contributed by atoms with Gasteiger partial charge in [0.15, 0.2) is 12.2 Å². The van der Waals surface area contributed by atoms with Crippen molar-refractivity contribution in [3.63, 3.8) is 0 Å². The Hall–Kier alpha value is -0.852. The van der Waals surface area contributed by atoms with Crippen LogP contribution in [0.5, 0.6) is 0 Å². The van der Waals surface area contributed by atoms with Gasteiger partial charge >= 0.3 is 33.0 Å². The summed E-state index contributed by atoms with van der Waals surface area (Å²) in [6, 6.07) is -0.160. The summed E-state index contributed by atoms with van der Waals surface area (Å²) < 4.78 is 0. The van der Waals surface area contributed by atoms with Crippen molar-refractivity contribution in [2.45, 2.75) is 86.6 Å². The summed E-state index contributed by atoms with van der Waals surface area (Å²) in [5, 5.41) is 104. The second-order valence-corrected chi connectivity index (χ2v) is 7.53. The average Bonchev–Trinajstić information content (AvgIpc) is 2.82. The Morgan fingerprint density at radius 3 is 1.06 bits per heavy atom. The van der Waals surface area contributed by atoms with Crippen LogP contribution >= 0.6 is 0 Å².